The second-order valence-corrected chi connectivity index (χ2v) is 4.24. The largest absolute Gasteiger partial charge is 0.482 e. The maximum absolute atomic E-state index is 11.9. The first-order valence-corrected chi connectivity index (χ1v) is 5.82. The third-order valence-corrected chi connectivity index (χ3v) is 2.96. The van der Waals surface area contributed by atoms with Crippen LogP contribution < -0.4 is 9.64 Å². The number of amides is 1. The highest BCUT2D eigenvalue weighted by atomic mass is 35.5. The molecule has 98 valence electrons. The van der Waals surface area contributed by atoms with Gasteiger partial charge in [-0.3, -0.25) is 4.79 Å². The predicted octanol–water partition coefficient (Wildman–Crippen LogP) is 1.68. The van der Waals surface area contributed by atoms with Crippen molar-refractivity contribution in [2.45, 2.75) is 6.29 Å². The SMILES string of the molecule is COC(CN1C(=O)COc2ccc(Cl)cc21)OC. The summed E-state index contributed by atoms with van der Waals surface area (Å²) < 4.78 is 15.6. The quantitative estimate of drug-likeness (QED) is 0.782. The number of halogens is 1. The molecule has 1 amide bonds. The summed E-state index contributed by atoms with van der Waals surface area (Å²) in [5.41, 5.74) is 0.637. The first-order valence-electron chi connectivity index (χ1n) is 5.44. The van der Waals surface area contributed by atoms with Gasteiger partial charge in [0.1, 0.15) is 5.75 Å². The molecule has 5 nitrogen and oxygen atoms in total. The lowest BCUT2D eigenvalue weighted by molar-refractivity contribution is -0.125. The number of ether oxygens (including phenoxy) is 3. The molecule has 0 fully saturated rings. The molecule has 2 rings (SSSR count). The molecule has 0 N–H and O–H groups in total. The highest BCUT2D eigenvalue weighted by molar-refractivity contribution is 6.31. The maximum atomic E-state index is 11.9. The molecule has 0 atom stereocenters. The second kappa shape index (κ2) is 5.56. The Morgan fingerprint density at radius 3 is 2.83 bits per heavy atom. The number of hydrogen-bond acceptors (Lipinski definition) is 4. The molecule has 18 heavy (non-hydrogen) atoms. The Hall–Kier alpha value is -1.30. The third-order valence-electron chi connectivity index (χ3n) is 2.72. The molecule has 1 aliphatic rings. The Kier molecular flexibility index (Phi) is 4.06. The van der Waals surface area contributed by atoms with Gasteiger partial charge in [0.2, 0.25) is 0 Å². The summed E-state index contributed by atoms with van der Waals surface area (Å²) in [4.78, 5) is 13.4. The van der Waals surface area contributed by atoms with E-state index in [1.807, 2.05) is 0 Å². The van der Waals surface area contributed by atoms with Crippen molar-refractivity contribution in [2.24, 2.45) is 0 Å². The number of hydrogen-bond donors (Lipinski definition) is 0. The van der Waals surface area contributed by atoms with E-state index >= 15 is 0 Å². The van der Waals surface area contributed by atoms with Crippen LogP contribution in [0.15, 0.2) is 18.2 Å². The highest BCUT2D eigenvalue weighted by Gasteiger charge is 2.28. The fourth-order valence-corrected chi connectivity index (χ4v) is 1.94. The van der Waals surface area contributed by atoms with Crippen LogP contribution in [0.4, 0.5) is 5.69 Å². The molecule has 6 heteroatoms. The fraction of sp³-hybridized carbons (Fsp3) is 0.417. The van der Waals surface area contributed by atoms with Gasteiger partial charge in [-0.15, -0.1) is 0 Å². The monoisotopic (exact) mass is 271 g/mol. The van der Waals surface area contributed by atoms with Gasteiger partial charge in [0, 0.05) is 19.2 Å². The number of anilines is 1. The van der Waals surface area contributed by atoms with Crippen LogP contribution in [0.3, 0.4) is 0 Å². The summed E-state index contributed by atoms with van der Waals surface area (Å²) in [6.07, 6.45) is -0.487. The van der Waals surface area contributed by atoms with Crippen LogP contribution in [0, 0.1) is 0 Å². The molecule has 0 aromatic heterocycles. The van der Waals surface area contributed by atoms with Crippen molar-refractivity contribution >= 4 is 23.2 Å². The zero-order valence-electron chi connectivity index (χ0n) is 10.2. The Bertz CT molecular complexity index is 448. The van der Waals surface area contributed by atoms with Crippen molar-refractivity contribution in [1.29, 1.82) is 0 Å². The first kappa shape index (κ1) is 13.1. The Morgan fingerprint density at radius 1 is 1.44 bits per heavy atom. The summed E-state index contributed by atoms with van der Waals surface area (Å²) in [5.74, 6) is 0.480. The average molecular weight is 272 g/mol. The van der Waals surface area contributed by atoms with Crippen molar-refractivity contribution < 1.29 is 19.0 Å². The smallest absolute Gasteiger partial charge is 0.265 e. The van der Waals surface area contributed by atoms with Gasteiger partial charge in [0.15, 0.2) is 12.9 Å². The third kappa shape index (κ3) is 2.58. The minimum Gasteiger partial charge on any atom is -0.482 e. The minimum absolute atomic E-state index is 0.00871. The van der Waals surface area contributed by atoms with Crippen molar-refractivity contribution in [3.8, 4) is 5.75 Å². The summed E-state index contributed by atoms with van der Waals surface area (Å²) in [5, 5.41) is 0.545. The van der Waals surface area contributed by atoms with E-state index in [2.05, 4.69) is 0 Å². The zero-order chi connectivity index (χ0) is 13.1. The van der Waals surface area contributed by atoms with E-state index < -0.39 is 6.29 Å². The normalized spacial score (nSPS) is 14.7. The lowest BCUT2D eigenvalue weighted by Gasteiger charge is -2.31. The fourth-order valence-electron chi connectivity index (χ4n) is 1.77. The predicted molar refractivity (Wildman–Crippen MR) is 67.1 cm³/mol. The van der Waals surface area contributed by atoms with Gasteiger partial charge in [0.25, 0.3) is 5.91 Å². The zero-order valence-corrected chi connectivity index (χ0v) is 10.9. The van der Waals surface area contributed by atoms with Gasteiger partial charge in [0.05, 0.1) is 12.2 Å². The standard InChI is InChI=1S/C12H14ClNO4/c1-16-12(17-2)6-14-9-5-8(13)3-4-10(9)18-7-11(14)15/h3-5,12H,6-7H2,1-2H3. The lowest BCUT2D eigenvalue weighted by atomic mass is 10.2. The molecular formula is C12H14ClNO4. The molecule has 0 saturated carbocycles. The topological polar surface area (TPSA) is 48.0 Å². The maximum Gasteiger partial charge on any atom is 0.265 e. The van der Waals surface area contributed by atoms with Crippen molar-refractivity contribution in [1.82, 2.24) is 0 Å². The molecule has 0 aliphatic carbocycles. The Morgan fingerprint density at radius 2 is 2.17 bits per heavy atom. The molecule has 0 saturated heterocycles. The number of carbonyl (C=O) groups is 1. The van der Waals surface area contributed by atoms with E-state index in [4.69, 9.17) is 25.8 Å². The van der Waals surface area contributed by atoms with Crippen LogP contribution in [-0.4, -0.2) is 39.6 Å². The minimum atomic E-state index is -0.487. The molecule has 1 heterocycles. The van der Waals surface area contributed by atoms with E-state index in [-0.39, 0.29) is 12.5 Å². The number of fused-ring (bicyclic) bond motifs is 1. The molecule has 0 bridgehead atoms. The van der Waals surface area contributed by atoms with E-state index in [9.17, 15) is 4.79 Å². The molecule has 1 aromatic carbocycles. The van der Waals surface area contributed by atoms with Crippen LogP contribution in [0.2, 0.25) is 5.02 Å². The summed E-state index contributed by atoms with van der Waals surface area (Å²) in [6.45, 7) is 0.303. The van der Waals surface area contributed by atoms with Crippen LogP contribution in [-0.2, 0) is 14.3 Å². The van der Waals surface area contributed by atoms with E-state index in [0.29, 0.717) is 23.0 Å². The number of carbonyl (C=O) groups excluding carboxylic acids is 1. The van der Waals surface area contributed by atoms with Crippen LogP contribution in [0.1, 0.15) is 0 Å². The number of rotatable bonds is 4. The van der Waals surface area contributed by atoms with Crippen molar-refractivity contribution in [2.75, 3.05) is 32.3 Å². The summed E-state index contributed by atoms with van der Waals surface area (Å²) in [6, 6.07) is 5.15. The van der Waals surface area contributed by atoms with Crippen LogP contribution in [0.25, 0.3) is 0 Å². The van der Waals surface area contributed by atoms with Gasteiger partial charge in [-0.2, -0.15) is 0 Å². The van der Waals surface area contributed by atoms with E-state index in [1.54, 1.807) is 23.1 Å². The van der Waals surface area contributed by atoms with E-state index in [0.717, 1.165) is 0 Å². The average Bonchev–Trinajstić information content (AvgIpc) is 2.38. The number of nitrogens with zero attached hydrogens (tertiary/aromatic N) is 1. The summed E-state index contributed by atoms with van der Waals surface area (Å²) in [7, 11) is 3.05. The van der Waals surface area contributed by atoms with Crippen molar-refractivity contribution in [3.05, 3.63) is 23.2 Å². The summed E-state index contributed by atoms with van der Waals surface area (Å²) >= 11 is 5.94. The molecule has 1 aromatic rings. The van der Waals surface area contributed by atoms with Gasteiger partial charge in [-0.1, -0.05) is 11.6 Å². The second-order valence-electron chi connectivity index (χ2n) is 3.81. The van der Waals surface area contributed by atoms with Gasteiger partial charge in [-0.25, -0.2) is 0 Å². The van der Waals surface area contributed by atoms with Crippen molar-refractivity contribution in [3.63, 3.8) is 0 Å². The molecule has 0 spiro atoms. The van der Waals surface area contributed by atoms with Crippen LogP contribution in [0.5, 0.6) is 5.75 Å². The highest BCUT2D eigenvalue weighted by Crippen LogP contribution is 2.34. The lowest BCUT2D eigenvalue weighted by Crippen LogP contribution is -2.44. The number of methoxy groups -OCH3 is 2. The number of benzene rings is 1. The molecule has 0 unspecified atom stereocenters. The Balaban J connectivity index is 2.29. The first-order chi connectivity index (χ1) is 8.65. The van der Waals surface area contributed by atoms with E-state index in [1.165, 1.54) is 14.2 Å². The van der Waals surface area contributed by atoms with Crippen LogP contribution >= 0.6 is 11.6 Å². The van der Waals surface area contributed by atoms with Gasteiger partial charge < -0.3 is 19.1 Å². The molecule has 0 radical (unpaired) electrons. The van der Waals surface area contributed by atoms with Gasteiger partial charge in [-0.05, 0) is 18.2 Å². The van der Waals surface area contributed by atoms with Gasteiger partial charge >= 0.3 is 0 Å². The molecule has 1 aliphatic heterocycles. The Labute approximate surface area is 110 Å². The molecular weight excluding hydrogens is 258 g/mol.